The predicted octanol–water partition coefficient (Wildman–Crippen LogP) is 3.04. The molecule has 0 saturated carbocycles. The monoisotopic (exact) mass is 370 g/mol. The maximum absolute atomic E-state index is 12.0. The van der Waals surface area contributed by atoms with E-state index >= 15 is 0 Å². The first-order valence-corrected chi connectivity index (χ1v) is 8.80. The highest BCUT2D eigenvalue weighted by Crippen LogP contribution is 2.23. The van der Waals surface area contributed by atoms with E-state index in [1.165, 1.54) is 6.20 Å². The number of hydrogen-bond donors (Lipinski definition) is 2. The quantitative estimate of drug-likeness (QED) is 0.862. The molecule has 2 amide bonds. The van der Waals surface area contributed by atoms with Gasteiger partial charge in [-0.2, -0.15) is 5.26 Å². The molecule has 3 rings (SSSR count). The number of nitrogens with one attached hydrogen (secondary N) is 2. The van der Waals surface area contributed by atoms with Crippen LogP contribution in [0.5, 0.6) is 0 Å². The number of rotatable bonds is 4. The molecule has 1 aromatic heterocycles. The molecule has 0 unspecified atom stereocenters. The minimum Gasteiger partial charge on any atom is -0.354 e. The number of aromatic nitrogens is 2. The van der Waals surface area contributed by atoms with Crippen LogP contribution in [0.1, 0.15) is 18.5 Å². The molecule has 1 saturated heterocycles. The zero-order valence-electron chi connectivity index (χ0n) is 14.2. The lowest BCUT2D eigenvalue weighted by molar-refractivity contribution is 0.248. The van der Waals surface area contributed by atoms with Crippen molar-refractivity contribution in [2.45, 2.75) is 12.8 Å². The van der Waals surface area contributed by atoms with E-state index in [2.05, 4.69) is 31.6 Å². The molecule has 0 spiro atoms. The Bertz CT molecular complexity index is 796. The Balaban J connectivity index is 1.45. The molecule has 0 radical (unpaired) electrons. The molecular formula is C18H19ClN6O. The molecule has 7 nitrogen and oxygen atoms in total. The van der Waals surface area contributed by atoms with Gasteiger partial charge in [0.2, 0.25) is 0 Å². The first-order chi connectivity index (χ1) is 12.7. The standard InChI is InChI=1S/C18H19ClN6O/c19-14-1-3-15(4-2-14)24-18(26)23-12-13-5-9-25(10-6-13)17-16(11-20)21-7-8-22-17/h1-4,7-8,13H,5-6,9-10,12H2,(H2,23,24,26). The normalized spacial score (nSPS) is 14.5. The molecule has 0 atom stereocenters. The molecule has 134 valence electrons. The van der Waals surface area contributed by atoms with Gasteiger partial charge in [-0.25, -0.2) is 14.8 Å². The topological polar surface area (TPSA) is 93.9 Å². The number of benzene rings is 1. The Morgan fingerprint density at radius 2 is 1.92 bits per heavy atom. The maximum atomic E-state index is 12.0. The summed E-state index contributed by atoms with van der Waals surface area (Å²) in [6.45, 7) is 2.19. The zero-order chi connectivity index (χ0) is 18.4. The molecule has 0 bridgehead atoms. The number of carbonyl (C=O) groups excluding carboxylic acids is 1. The third-order valence-electron chi connectivity index (χ3n) is 4.35. The van der Waals surface area contributed by atoms with E-state index < -0.39 is 0 Å². The summed E-state index contributed by atoms with van der Waals surface area (Å²) in [5, 5.41) is 15.5. The summed E-state index contributed by atoms with van der Waals surface area (Å²) in [6, 6.07) is 8.83. The number of piperidine rings is 1. The van der Waals surface area contributed by atoms with Crippen molar-refractivity contribution in [3.8, 4) is 6.07 Å². The van der Waals surface area contributed by atoms with Crippen molar-refractivity contribution in [2.24, 2.45) is 5.92 Å². The molecule has 2 N–H and O–H groups in total. The number of urea groups is 1. The van der Waals surface area contributed by atoms with Gasteiger partial charge >= 0.3 is 6.03 Å². The van der Waals surface area contributed by atoms with Crippen LogP contribution in [-0.4, -0.2) is 35.6 Å². The van der Waals surface area contributed by atoms with Crippen molar-refractivity contribution in [1.29, 1.82) is 5.26 Å². The minimum atomic E-state index is -0.226. The molecule has 8 heteroatoms. The third-order valence-corrected chi connectivity index (χ3v) is 4.60. The second-order valence-corrected chi connectivity index (χ2v) is 6.55. The Labute approximate surface area is 157 Å². The SMILES string of the molecule is N#Cc1nccnc1N1CCC(CNC(=O)Nc2ccc(Cl)cc2)CC1. The first-order valence-electron chi connectivity index (χ1n) is 8.42. The molecule has 26 heavy (non-hydrogen) atoms. The van der Waals surface area contributed by atoms with Gasteiger partial charge in [-0.15, -0.1) is 0 Å². The molecule has 1 aliphatic heterocycles. The molecule has 1 aliphatic rings. The van der Waals surface area contributed by atoms with E-state index in [0.717, 1.165) is 25.9 Å². The van der Waals surface area contributed by atoms with Gasteiger partial charge in [0.05, 0.1) is 0 Å². The maximum Gasteiger partial charge on any atom is 0.319 e. The second kappa shape index (κ2) is 8.50. The van der Waals surface area contributed by atoms with Crippen LogP contribution in [0.25, 0.3) is 0 Å². The molecule has 2 heterocycles. The summed E-state index contributed by atoms with van der Waals surface area (Å²) in [5.41, 5.74) is 1.06. The van der Waals surface area contributed by atoms with Crippen molar-refractivity contribution < 1.29 is 4.79 Å². The van der Waals surface area contributed by atoms with Gasteiger partial charge in [0.15, 0.2) is 11.5 Å². The van der Waals surface area contributed by atoms with Gasteiger partial charge in [0.1, 0.15) is 6.07 Å². The van der Waals surface area contributed by atoms with Crippen LogP contribution in [0, 0.1) is 17.2 Å². The van der Waals surface area contributed by atoms with E-state index in [1.54, 1.807) is 30.5 Å². The van der Waals surface area contributed by atoms with E-state index in [4.69, 9.17) is 16.9 Å². The van der Waals surface area contributed by atoms with Crippen LogP contribution in [-0.2, 0) is 0 Å². The van der Waals surface area contributed by atoms with Gasteiger partial charge in [0, 0.05) is 42.7 Å². The highest BCUT2D eigenvalue weighted by Gasteiger charge is 2.22. The summed E-state index contributed by atoms with van der Waals surface area (Å²) in [7, 11) is 0. The lowest BCUT2D eigenvalue weighted by atomic mass is 9.97. The van der Waals surface area contributed by atoms with Crippen molar-refractivity contribution >= 4 is 29.1 Å². The van der Waals surface area contributed by atoms with Crippen LogP contribution >= 0.6 is 11.6 Å². The summed E-state index contributed by atoms with van der Waals surface area (Å²) in [6.07, 6.45) is 4.97. The Kier molecular flexibility index (Phi) is 5.87. The second-order valence-electron chi connectivity index (χ2n) is 6.11. The lowest BCUT2D eigenvalue weighted by Crippen LogP contribution is -2.40. The first kappa shape index (κ1) is 18.0. The number of nitrogens with zero attached hydrogens (tertiary/aromatic N) is 4. The number of anilines is 2. The summed E-state index contributed by atoms with van der Waals surface area (Å²) in [4.78, 5) is 22.4. The highest BCUT2D eigenvalue weighted by molar-refractivity contribution is 6.30. The Morgan fingerprint density at radius 3 is 2.62 bits per heavy atom. The van der Waals surface area contributed by atoms with Gasteiger partial charge in [-0.1, -0.05) is 11.6 Å². The molecule has 2 aromatic rings. The number of carbonyl (C=O) groups is 1. The summed E-state index contributed by atoms with van der Waals surface area (Å²) in [5.74, 6) is 1.03. The van der Waals surface area contributed by atoms with E-state index in [9.17, 15) is 4.79 Å². The van der Waals surface area contributed by atoms with Gasteiger partial charge in [-0.05, 0) is 43.0 Å². The molecule has 1 aromatic carbocycles. The van der Waals surface area contributed by atoms with Crippen LogP contribution in [0.2, 0.25) is 5.02 Å². The molecule has 0 aliphatic carbocycles. The van der Waals surface area contributed by atoms with Crippen molar-refractivity contribution in [2.75, 3.05) is 29.9 Å². The predicted molar refractivity (Wildman–Crippen MR) is 100 cm³/mol. The fraction of sp³-hybridized carbons (Fsp3) is 0.333. The van der Waals surface area contributed by atoms with Gasteiger partial charge in [-0.3, -0.25) is 0 Å². The number of amides is 2. The van der Waals surface area contributed by atoms with E-state index in [0.29, 0.717) is 34.7 Å². The van der Waals surface area contributed by atoms with Crippen LogP contribution in [0.3, 0.4) is 0 Å². The fourth-order valence-corrected chi connectivity index (χ4v) is 3.06. The van der Waals surface area contributed by atoms with Crippen LogP contribution < -0.4 is 15.5 Å². The molecule has 1 fully saturated rings. The summed E-state index contributed by atoms with van der Waals surface area (Å²) < 4.78 is 0. The Morgan fingerprint density at radius 1 is 1.23 bits per heavy atom. The largest absolute Gasteiger partial charge is 0.354 e. The fourth-order valence-electron chi connectivity index (χ4n) is 2.94. The minimum absolute atomic E-state index is 0.226. The average molecular weight is 371 g/mol. The van der Waals surface area contributed by atoms with Crippen LogP contribution in [0.15, 0.2) is 36.7 Å². The summed E-state index contributed by atoms with van der Waals surface area (Å²) >= 11 is 5.83. The zero-order valence-corrected chi connectivity index (χ0v) is 14.9. The average Bonchev–Trinajstić information content (AvgIpc) is 2.68. The number of nitriles is 1. The van der Waals surface area contributed by atoms with Crippen molar-refractivity contribution in [3.63, 3.8) is 0 Å². The van der Waals surface area contributed by atoms with Gasteiger partial charge in [0.25, 0.3) is 0 Å². The van der Waals surface area contributed by atoms with Crippen molar-refractivity contribution in [3.05, 3.63) is 47.4 Å². The Hall–Kier alpha value is -2.85. The number of hydrogen-bond acceptors (Lipinski definition) is 5. The third kappa shape index (κ3) is 4.61. The number of halogens is 1. The van der Waals surface area contributed by atoms with Gasteiger partial charge < -0.3 is 15.5 Å². The van der Waals surface area contributed by atoms with Crippen molar-refractivity contribution in [1.82, 2.24) is 15.3 Å². The van der Waals surface area contributed by atoms with E-state index in [1.807, 2.05) is 0 Å². The van der Waals surface area contributed by atoms with E-state index in [-0.39, 0.29) is 6.03 Å². The molecular weight excluding hydrogens is 352 g/mol. The smallest absolute Gasteiger partial charge is 0.319 e. The van der Waals surface area contributed by atoms with Crippen LogP contribution in [0.4, 0.5) is 16.3 Å². The lowest BCUT2D eigenvalue weighted by Gasteiger charge is -2.32. The highest BCUT2D eigenvalue weighted by atomic mass is 35.5.